The Balaban J connectivity index is 1.46. The van der Waals surface area contributed by atoms with Crippen LogP contribution in [0.15, 0.2) is 42.6 Å². The molecular formula is C22H25N3O2S. The number of nitrogens with zero attached hydrogens (tertiary/aromatic N) is 2. The number of rotatable bonds is 8. The lowest BCUT2D eigenvalue weighted by Gasteiger charge is -2.22. The van der Waals surface area contributed by atoms with Gasteiger partial charge in [0.1, 0.15) is 0 Å². The highest BCUT2D eigenvalue weighted by atomic mass is 32.2. The number of aromatic nitrogens is 1. The molecule has 28 heavy (non-hydrogen) atoms. The number of thioether (sulfide) groups is 1. The van der Waals surface area contributed by atoms with Crippen molar-refractivity contribution in [1.29, 1.82) is 5.26 Å². The molecule has 2 aromatic rings. The predicted molar refractivity (Wildman–Crippen MR) is 112 cm³/mol. The zero-order chi connectivity index (χ0) is 19.6. The number of ether oxygens (including phenoxy) is 1. The maximum absolute atomic E-state index is 12.3. The summed E-state index contributed by atoms with van der Waals surface area (Å²) in [5.41, 5.74) is 1.73. The molecule has 0 atom stereocenters. The van der Waals surface area contributed by atoms with E-state index in [9.17, 15) is 4.79 Å². The fraction of sp³-hybridized carbons (Fsp3) is 0.409. The second-order valence-electron chi connectivity index (χ2n) is 7.01. The SMILES string of the molecule is N#Cc1ccc(CSCC(=O)Nc2ncccc2OCC2CCCCC2)cc1. The van der Waals surface area contributed by atoms with E-state index < -0.39 is 0 Å². The van der Waals surface area contributed by atoms with E-state index in [4.69, 9.17) is 10.00 Å². The Hall–Kier alpha value is -2.52. The molecule has 1 amide bonds. The third kappa shape index (κ3) is 6.28. The average molecular weight is 396 g/mol. The zero-order valence-corrected chi connectivity index (χ0v) is 16.7. The second-order valence-corrected chi connectivity index (χ2v) is 8.00. The van der Waals surface area contributed by atoms with Crippen molar-refractivity contribution >= 4 is 23.5 Å². The third-order valence-corrected chi connectivity index (χ3v) is 5.82. The Morgan fingerprint density at radius 3 is 2.75 bits per heavy atom. The number of amides is 1. The van der Waals surface area contributed by atoms with Crippen LogP contribution in [0.2, 0.25) is 0 Å². The van der Waals surface area contributed by atoms with Gasteiger partial charge in [0.15, 0.2) is 11.6 Å². The van der Waals surface area contributed by atoms with E-state index in [1.54, 1.807) is 18.3 Å². The second kappa shape index (κ2) is 10.7. The van der Waals surface area contributed by atoms with Gasteiger partial charge >= 0.3 is 0 Å². The summed E-state index contributed by atoms with van der Waals surface area (Å²) >= 11 is 1.53. The lowest BCUT2D eigenvalue weighted by molar-refractivity contribution is -0.113. The van der Waals surface area contributed by atoms with Crippen molar-refractivity contribution in [3.05, 3.63) is 53.7 Å². The first-order valence-corrected chi connectivity index (χ1v) is 10.8. The molecule has 1 aromatic heterocycles. The molecule has 1 aromatic carbocycles. The summed E-state index contributed by atoms with van der Waals surface area (Å²) in [6.07, 6.45) is 7.97. The van der Waals surface area contributed by atoms with Crippen LogP contribution in [0.1, 0.15) is 43.2 Å². The fourth-order valence-electron chi connectivity index (χ4n) is 3.27. The lowest BCUT2D eigenvalue weighted by atomic mass is 9.90. The minimum absolute atomic E-state index is 0.0974. The Morgan fingerprint density at radius 2 is 2.00 bits per heavy atom. The van der Waals surface area contributed by atoms with Crippen molar-refractivity contribution in [3.8, 4) is 11.8 Å². The largest absolute Gasteiger partial charge is 0.489 e. The Morgan fingerprint density at radius 1 is 1.21 bits per heavy atom. The van der Waals surface area contributed by atoms with E-state index in [1.807, 2.05) is 24.3 Å². The van der Waals surface area contributed by atoms with Gasteiger partial charge in [0, 0.05) is 11.9 Å². The molecular weight excluding hydrogens is 370 g/mol. The normalized spacial score (nSPS) is 14.2. The standard InChI is InChI=1S/C22H25N3O2S/c23-13-17-8-10-19(11-9-17)15-28-16-21(26)25-22-20(7-4-12-24-22)27-14-18-5-2-1-3-6-18/h4,7-12,18H,1-3,5-6,14-16H2,(H,24,25,26). The van der Waals surface area contributed by atoms with Crippen LogP contribution < -0.4 is 10.1 Å². The van der Waals surface area contributed by atoms with Gasteiger partial charge in [0.05, 0.1) is 24.0 Å². The highest BCUT2D eigenvalue weighted by Crippen LogP contribution is 2.27. The van der Waals surface area contributed by atoms with Gasteiger partial charge < -0.3 is 10.1 Å². The van der Waals surface area contributed by atoms with Gasteiger partial charge in [-0.15, -0.1) is 11.8 Å². The average Bonchev–Trinajstić information content (AvgIpc) is 2.74. The van der Waals surface area contributed by atoms with E-state index in [-0.39, 0.29) is 5.91 Å². The number of nitrogens with one attached hydrogen (secondary N) is 1. The van der Waals surface area contributed by atoms with Crippen LogP contribution in [-0.2, 0) is 10.5 Å². The number of anilines is 1. The fourth-order valence-corrected chi connectivity index (χ4v) is 4.06. The molecule has 1 aliphatic carbocycles. The van der Waals surface area contributed by atoms with Crippen LogP contribution in [-0.4, -0.2) is 23.3 Å². The third-order valence-electron chi connectivity index (χ3n) is 4.81. The van der Waals surface area contributed by atoms with Crippen molar-refractivity contribution < 1.29 is 9.53 Å². The summed E-state index contributed by atoms with van der Waals surface area (Å²) < 4.78 is 5.96. The minimum Gasteiger partial charge on any atom is -0.489 e. The Bertz CT molecular complexity index is 811. The van der Waals surface area contributed by atoms with Crippen LogP contribution in [0.5, 0.6) is 5.75 Å². The molecule has 0 spiro atoms. The first-order valence-electron chi connectivity index (χ1n) is 9.69. The molecule has 1 fully saturated rings. The number of benzene rings is 1. The summed E-state index contributed by atoms with van der Waals surface area (Å²) in [5.74, 6) is 2.67. The number of carbonyl (C=O) groups is 1. The van der Waals surface area contributed by atoms with Gasteiger partial charge in [-0.05, 0) is 48.6 Å². The van der Waals surface area contributed by atoms with Gasteiger partial charge in [-0.2, -0.15) is 5.26 Å². The maximum Gasteiger partial charge on any atom is 0.235 e. The Labute approximate surface area is 170 Å². The van der Waals surface area contributed by atoms with E-state index in [0.29, 0.717) is 41.2 Å². The van der Waals surface area contributed by atoms with E-state index in [2.05, 4.69) is 16.4 Å². The van der Waals surface area contributed by atoms with E-state index in [1.165, 1.54) is 43.9 Å². The molecule has 0 bridgehead atoms. The van der Waals surface area contributed by atoms with E-state index >= 15 is 0 Å². The predicted octanol–water partition coefficient (Wildman–Crippen LogP) is 4.78. The van der Waals surface area contributed by atoms with Gasteiger partial charge in [0.25, 0.3) is 0 Å². The highest BCUT2D eigenvalue weighted by molar-refractivity contribution is 7.99. The molecule has 5 nitrogen and oxygen atoms in total. The van der Waals surface area contributed by atoms with Gasteiger partial charge in [0.2, 0.25) is 5.91 Å². The molecule has 146 valence electrons. The quantitative estimate of drug-likeness (QED) is 0.696. The van der Waals surface area contributed by atoms with E-state index in [0.717, 1.165) is 5.56 Å². The van der Waals surface area contributed by atoms with Crippen LogP contribution in [0.25, 0.3) is 0 Å². The molecule has 1 N–H and O–H groups in total. The number of pyridine rings is 1. The van der Waals surface area contributed by atoms with Gasteiger partial charge in [-0.1, -0.05) is 31.4 Å². The summed E-state index contributed by atoms with van der Waals surface area (Å²) in [5, 5.41) is 11.7. The zero-order valence-electron chi connectivity index (χ0n) is 15.9. The van der Waals surface area contributed by atoms with Crippen molar-refractivity contribution in [3.63, 3.8) is 0 Å². The molecule has 0 radical (unpaired) electrons. The molecule has 0 unspecified atom stereocenters. The van der Waals surface area contributed by atoms with Crippen molar-refractivity contribution in [1.82, 2.24) is 4.98 Å². The van der Waals surface area contributed by atoms with Gasteiger partial charge in [-0.3, -0.25) is 4.79 Å². The van der Waals surface area contributed by atoms with Crippen LogP contribution in [0.4, 0.5) is 5.82 Å². The molecule has 1 saturated carbocycles. The lowest BCUT2D eigenvalue weighted by Crippen LogP contribution is -2.18. The van der Waals surface area contributed by atoms with Crippen LogP contribution in [0, 0.1) is 17.2 Å². The summed E-state index contributed by atoms with van der Waals surface area (Å²) in [6, 6.07) is 13.2. The van der Waals surface area contributed by atoms with Crippen molar-refractivity contribution in [2.45, 2.75) is 37.9 Å². The topological polar surface area (TPSA) is 75.0 Å². The first-order chi connectivity index (χ1) is 13.7. The Kier molecular flexibility index (Phi) is 7.74. The molecule has 1 aliphatic rings. The number of carbonyl (C=O) groups excluding carboxylic acids is 1. The smallest absolute Gasteiger partial charge is 0.235 e. The molecule has 0 aliphatic heterocycles. The number of nitriles is 1. The van der Waals surface area contributed by atoms with Crippen LogP contribution in [0.3, 0.4) is 0 Å². The summed E-state index contributed by atoms with van der Waals surface area (Å²) in [6.45, 7) is 0.683. The van der Waals surface area contributed by atoms with Crippen LogP contribution >= 0.6 is 11.8 Å². The van der Waals surface area contributed by atoms with Gasteiger partial charge in [-0.25, -0.2) is 4.98 Å². The van der Waals surface area contributed by atoms with Crippen molar-refractivity contribution in [2.24, 2.45) is 5.92 Å². The molecule has 3 rings (SSSR count). The summed E-state index contributed by atoms with van der Waals surface area (Å²) in [4.78, 5) is 16.6. The van der Waals surface area contributed by atoms with Crippen molar-refractivity contribution in [2.75, 3.05) is 17.7 Å². The molecule has 0 saturated heterocycles. The highest BCUT2D eigenvalue weighted by Gasteiger charge is 2.16. The first kappa shape index (κ1) is 20.2. The monoisotopic (exact) mass is 395 g/mol. The molecule has 6 heteroatoms. The molecule has 1 heterocycles. The number of hydrogen-bond donors (Lipinski definition) is 1. The number of hydrogen-bond acceptors (Lipinski definition) is 5. The summed E-state index contributed by atoms with van der Waals surface area (Å²) in [7, 11) is 0. The minimum atomic E-state index is -0.0974. The maximum atomic E-state index is 12.3.